The number of hydrogen-bond donors (Lipinski definition) is 1. The Morgan fingerprint density at radius 1 is 1.47 bits per heavy atom. The molecule has 1 aliphatic carbocycles. The second-order valence-electron chi connectivity index (χ2n) is 4.96. The number of hydrogen-bond acceptors (Lipinski definition) is 3. The van der Waals surface area contributed by atoms with Crippen LogP contribution in [0, 0.1) is 12.3 Å². The summed E-state index contributed by atoms with van der Waals surface area (Å²) < 4.78 is 7.17. The maximum absolute atomic E-state index is 6.09. The van der Waals surface area contributed by atoms with E-state index in [1.165, 1.54) is 5.56 Å². The highest BCUT2D eigenvalue weighted by Gasteiger charge is 2.58. The van der Waals surface area contributed by atoms with Crippen molar-refractivity contribution in [1.82, 2.24) is 9.78 Å². The van der Waals surface area contributed by atoms with Gasteiger partial charge >= 0.3 is 0 Å². The molecular formula is C11H19N3O. The van der Waals surface area contributed by atoms with Gasteiger partial charge in [0, 0.05) is 24.6 Å². The van der Waals surface area contributed by atoms with Crippen LogP contribution in [0.25, 0.3) is 0 Å². The van der Waals surface area contributed by atoms with E-state index in [1.807, 2.05) is 14.0 Å². The second-order valence-corrected chi connectivity index (χ2v) is 4.96. The number of nitrogens with two attached hydrogens (primary N) is 1. The molecule has 0 spiro atoms. The van der Waals surface area contributed by atoms with E-state index in [0.717, 1.165) is 11.6 Å². The minimum atomic E-state index is 0.168. The smallest absolute Gasteiger partial charge is 0.215 e. The summed E-state index contributed by atoms with van der Waals surface area (Å²) in [5.74, 6) is 1.22. The van der Waals surface area contributed by atoms with Crippen molar-refractivity contribution < 1.29 is 4.74 Å². The Hall–Kier alpha value is -1.03. The van der Waals surface area contributed by atoms with Gasteiger partial charge in [-0.2, -0.15) is 5.10 Å². The van der Waals surface area contributed by atoms with Crippen molar-refractivity contribution in [2.24, 2.45) is 18.2 Å². The molecular weight excluding hydrogens is 190 g/mol. The first-order valence-electron chi connectivity index (χ1n) is 5.24. The van der Waals surface area contributed by atoms with Gasteiger partial charge in [0.15, 0.2) is 0 Å². The summed E-state index contributed by atoms with van der Waals surface area (Å²) in [6.45, 7) is 6.39. The molecule has 1 aliphatic rings. The van der Waals surface area contributed by atoms with E-state index in [0.29, 0.717) is 5.92 Å². The summed E-state index contributed by atoms with van der Waals surface area (Å²) >= 11 is 0. The fourth-order valence-corrected chi connectivity index (χ4v) is 2.48. The topological polar surface area (TPSA) is 53.1 Å². The van der Waals surface area contributed by atoms with Gasteiger partial charge in [-0.1, -0.05) is 13.8 Å². The maximum Gasteiger partial charge on any atom is 0.215 e. The van der Waals surface area contributed by atoms with Crippen LogP contribution in [0.3, 0.4) is 0 Å². The maximum atomic E-state index is 6.09. The fraction of sp³-hybridized carbons (Fsp3) is 0.727. The molecule has 1 saturated carbocycles. The molecule has 0 saturated heterocycles. The Bertz CT molecular complexity index is 395. The predicted molar refractivity (Wildman–Crippen MR) is 59.0 cm³/mol. The van der Waals surface area contributed by atoms with Crippen molar-refractivity contribution >= 4 is 0 Å². The van der Waals surface area contributed by atoms with Crippen molar-refractivity contribution in [3.63, 3.8) is 0 Å². The van der Waals surface area contributed by atoms with Gasteiger partial charge in [-0.3, -0.25) is 0 Å². The van der Waals surface area contributed by atoms with E-state index in [4.69, 9.17) is 10.5 Å². The molecule has 2 N–H and O–H groups in total. The van der Waals surface area contributed by atoms with Crippen molar-refractivity contribution in [3.05, 3.63) is 11.3 Å². The van der Waals surface area contributed by atoms with E-state index in [2.05, 4.69) is 18.9 Å². The van der Waals surface area contributed by atoms with Gasteiger partial charge in [-0.15, -0.1) is 0 Å². The minimum absolute atomic E-state index is 0.168. The van der Waals surface area contributed by atoms with Crippen molar-refractivity contribution in [2.45, 2.75) is 32.7 Å². The van der Waals surface area contributed by atoms with Gasteiger partial charge in [0.1, 0.15) is 0 Å². The summed E-state index contributed by atoms with van der Waals surface area (Å²) in [5.41, 5.74) is 8.46. The second kappa shape index (κ2) is 2.98. The normalized spacial score (nSPS) is 27.9. The number of rotatable bonds is 2. The van der Waals surface area contributed by atoms with Gasteiger partial charge in [0.05, 0.1) is 12.8 Å². The van der Waals surface area contributed by atoms with Crippen LogP contribution in [0.15, 0.2) is 0 Å². The van der Waals surface area contributed by atoms with Crippen LogP contribution >= 0.6 is 0 Å². The molecule has 4 heteroatoms. The lowest BCUT2D eigenvalue weighted by atomic mass is 10.0. The van der Waals surface area contributed by atoms with Crippen LogP contribution in [-0.4, -0.2) is 22.9 Å². The third-order valence-electron chi connectivity index (χ3n) is 3.63. The Morgan fingerprint density at radius 3 is 2.40 bits per heavy atom. The zero-order chi connectivity index (χ0) is 11.4. The summed E-state index contributed by atoms with van der Waals surface area (Å²) in [6, 6.07) is 0.217. The van der Waals surface area contributed by atoms with Gasteiger partial charge in [0.2, 0.25) is 5.88 Å². The summed E-state index contributed by atoms with van der Waals surface area (Å²) in [5, 5.41) is 4.38. The molecule has 0 aliphatic heterocycles. The van der Waals surface area contributed by atoms with Gasteiger partial charge < -0.3 is 10.5 Å². The molecule has 0 amide bonds. The molecule has 0 radical (unpaired) electrons. The van der Waals surface area contributed by atoms with Crippen LogP contribution in [-0.2, 0) is 7.05 Å². The molecule has 84 valence electrons. The van der Waals surface area contributed by atoms with E-state index in [1.54, 1.807) is 11.8 Å². The van der Waals surface area contributed by atoms with Crippen LogP contribution in [0.5, 0.6) is 5.88 Å². The lowest BCUT2D eigenvalue weighted by molar-refractivity contribution is 0.368. The summed E-state index contributed by atoms with van der Waals surface area (Å²) in [6.07, 6.45) is 0. The number of aryl methyl sites for hydroxylation is 2. The number of methoxy groups -OCH3 is 1. The van der Waals surface area contributed by atoms with E-state index >= 15 is 0 Å². The molecule has 15 heavy (non-hydrogen) atoms. The average Bonchev–Trinajstić information content (AvgIpc) is 2.50. The average molecular weight is 209 g/mol. The van der Waals surface area contributed by atoms with Crippen molar-refractivity contribution in [3.8, 4) is 5.88 Å². The lowest BCUT2D eigenvalue weighted by Gasteiger charge is -2.05. The molecule has 1 heterocycles. The highest BCUT2D eigenvalue weighted by molar-refractivity contribution is 5.43. The predicted octanol–water partition coefficient (Wildman–Crippen LogP) is 1.19. The first-order chi connectivity index (χ1) is 6.91. The van der Waals surface area contributed by atoms with Gasteiger partial charge in [0.25, 0.3) is 0 Å². The van der Waals surface area contributed by atoms with Crippen LogP contribution in [0.1, 0.15) is 31.0 Å². The molecule has 2 atom stereocenters. The lowest BCUT2D eigenvalue weighted by Crippen LogP contribution is -2.06. The monoisotopic (exact) mass is 209 g/mol. The van der Waals surface area contributed by atoms with Crippen LogP contribution < -0.4 is 10.5 Å². The van der Waals surface area contributed by atoms with Crippen molar-refractivity contribution in [2.75, 3.05) is 7.11 Å². The Kier molecular flexibility index (Phi) is 2.08. The van der Waals surface area contributed by atoms with Gasteiger partial charge in [-0.25, -0.2) is 4.68 Å². The third kappa shape index (κ3) is 1.28. The minimum Gasteiger partial charge on any atom is -0.481 e. The van der Waals surface area contributed by atoms with Crippen LogP contribution in [0.4, 0.5) is 0 Å². The van der Waals surface area contributed by atoms with Gasteiger partial charge in [-0.05, 0) is 12.3 Å². The highest BCUT2D eigenvalue weighted by Crippen LogP contribution is 2.59. The zero-order valence-electron chi connectivity index (χ0n) is 10.0. The standard InChI is InChI=1S/C11H19N3O/c1-6-7(8-9(12)11(8,2)3)10(15-5)14(4)13-6/h8-9H,12H2,1-5H3/t8-,9-/m1/s1. The number of ether oxygens (including phenoxy) is 1. The van der Waals surface area contributed by atoms with Crippen LogP contribution in [0.2, 0.25) is 0 Å². The molecule has 4 nitrogen and oxygen atoms in total. The van der Waals surface area contributed by atoms with E-state index in [-0.39, 0.29) is 11.5 Å². The highest BCUT2D eigenvalue weighted by atomic mass is 16.5. The Labute approximate surface area is 90.4 Å². The molecule has 1 aromatic rings. The molecule has 2 rings (SSSR count). The Balaban J connectivity index is 2.46. The number of nitrogens with zero attached hydrogens (tertiary/aromatic N) is 2. The van der Waals surface area contributed by atoms with E-state index in [9.17, 15) is 0 Å². The third-order valence-corrected chi connectivity index (χ3v) is 3.63. The quantitative estimate of drug-likeness (QED) is 0.796. The SMILES string of the molecule is COc1c([C@@H]2[C@@H](N)C2(C)C)c(C)nn1C. The van der Waals surface area contributed by atoms with Crippen molar-refractivity contribution in [1.29, 1.82) is 0 Å². The van der Waals surface area contributed by atoms with E-state index < -0.39 is 0 Å². The Morgan fingerprint density at radius 2 is 2.00 bits per heavy atom. The largest absolute Gasteiger partial charge is 0.481 e. The zero-order valence-corrected chi connectivity index (χ0v) is 10.0. The first kappa shape index (κ1) is 10.5. The number of aromatic nitrogens is 2. The molecule has 1 fully saturated rings. The molecule has 0 bridgehead atoms. The summed E-state index contributed by atoms with van der Waals surface area (Å²) in [4.78, 5) is 0. The first-order valence-corrected chi connectivity index (χ1v) is 5.24. The summed E-state index contributed by atoms with van der Waals surface area (Å²) in [7, 11) is 3.58. The fourth-order valence-electron chi connectivity index (χ4n) is 2.48. The molecule has 0 unspecified atom stereocenters. The molecule has 1 aromatic heterocycles. The molecule has 0 aromatic carbocycles.